The molecule has 0 aromatic carbocycles. The molecular weight excluding hydrogens is 164 g/mol. The van der Waals surface area contributed by atoms with Gasteiger partial charge in [0.2, 0.25) is 0 Å². The molecule has 0 radical (unpaired) electrons. The van der Waals surface area contributed by atoms with Gasteiger partial charge in [0.1, 0.15) is 0 Å². The van der Waals surface area contributed by atoms with Crippen molar-refractivity contribution < 1.29 is 4.79 Å². The molecule has 1 aromatic rings. The Kier molecular flexibility index (Phi) is 2.78. The van der Waals surface area contributed by atoms with E-state index >= 15 is 0 Å². The molecular formula is C10H14N2O. The van der Waals surface area contributed by atoms with Gasteiger partial charge in [0.05, 0.1) is 5.54 Å². The molecule has 0 saturated heterocycles. The number of pyridine rings is 1. The molecule has 1 aromatic heterocycles. The van der Waals surface area contributed by atoms with Crippen LogP contribution >= 0.6 is 0 Å². The Morgan fingerprint density at radius 1 is 1.54 bits per heavy atom. The quantitative estimate of drug-likeness (QED) is 0.708. The first kappa shape index (κ1) is 9.86. The third-order valence-corrected chi connectivity index (χ3v) is 2.12. The van der Waals surface area contributed by atoms with E-state index in [1.165, 1.54) is 0 Å². The summed E-state index contributed by atoms with van der Waals surface area (Å²) in [6.07, 6.45) is 3.24. The molecule has 70 valence electrons. The molecule has 0 unspecified atom stereocenters. The molecule has 0 atom stereocenters. The average molecular weight is 178 g/mol. The topological polar surface area (TPSA) is 42.0 Å². The lowest BCUT2D eigenvalue weighted by atomic mass is 9.94. The maximum Gasteiger partial charge on any atom is 0.183 e. The van der Waals surface area contributed by atoms with Crippen LogP contribution in [0, 0.1) is 0 Å². The summed E-state index contributed by atoms with van der Waals surface area (Å²) in [5, 5.41) is 2.96. The maximum atomic E-state index is 11.8. The molecule has 1 N–H and O–H groups in total. The van der Waals surface area contributed by atoms with E-state index in [9.17, 15) is 4.79 Å². The predicted octanol–water partition coefficient (Wildman–Crippen LogP) is 1.26. The number of ketones is 1. The largest absolute Gasteiger partial charge is 0.308 e. The van der Waals surface area contributed by atoms with Gasteiger partial charge in [-0.05, 0) is 33.0 Å². The molecule has 0 aliphatic carbocycles. The zero-order valence-electron chi connectivity index (χ0n) is 8.16. The van der Waals surface area contributed by atoms with Crippen LogP contribution in [0.4, 0.5) is 0 Å². The number of carbonyl (C=O) groups excluding carboxylic acids is 1. The highest BCUT2D eigenvalue weighted by atomic mass is 16.1. The third kappa shape index (κ3) is 2.12. The van der Waals surface area contributed by atoms with Crippen molar-refractivity contribution in [2.75, 3.05) is 7.05 Å². The van der Waals surface area contributed by atoms with Crippen LogP contribution in [0.3, 0.4) is 0 Å². The fourth-order valence-electron chi connectivity index (χ4n) is 0.971. The number of hydrogen-bond donors (Lipinski definition) is 1. The summed E-state index contributed by atoms with van der Waals surface area (Å²) in [5.74, 6) is 0.0584. The van der Waals surface area contributed by atoms with Crippen molar-refractivity contribution in [3.8, 4) is 0 Å². The summed E-state index contributed by atoms with van der Waals surface area (Å²) < 4.78 is 0. The van der Waals surface area contributed by atoms with Gasteiger partial charge >= 0.3 is 0 Å². The van der Waals surface area contributed by atoms with Gasteiger partial charge in [0, 0.05) is 18.0 Å². The van der Waals surface area contributed by atoms with Crippen molar-refractivity contribution in [3.63, 3.8) is 0 Å². The van der Waals surface area contributed by atoms with Gasteiger partial charge in [-0.2, -0.15) is 0 Å². The molecule has 3 nitrogen and oxygen atoms in total. The van der Waals surface area contributed by atoms with Gasteiger partial charge < -0.3 is 5.32 Å². The van der Waals surface area contributed by atoms with Gasteiger partial charge in [-0.25, -0.2) is 0 Å². The summed E-state index contributed by atoms with van der Waals surface area (Å²) in [4.78, 5) is 15.7. The molecule has 13 heavy (non-hydrogen) atoms. The fourth-order valence-corrected chi connectivity index (χ4v) is 0.971. The highest BCUT2D eigenvalue weighted by molar-refractivity contribution is 6.02. The molecule has 0 aliphatic heterocycles. The number of nitrogens with zero attached hydrogens (tertiary/aromatic N) is 1. The summed E-state index contributed by atoms with van der Waals surface area (Å²) >= 11 is 0. The number of carbonyl (C=O) groups is 1. The zero-order valence-corrected chi connectivity index (χ0v) is 8.16. The summed E-state index contributed by atoms with van der Waals surface area (Å²) in [6, 6.07) is 3.54. The van der Waals surface area contributed by atoms with Crippen LogP contribution in [-0.2, 0) is 0 Å². The molecule has 0 aliphatic rings. The Balaban J connectivity index is 2.93. The molecule has 1 rings (SSSR count). The van der Waals surface area contributed by atoms with E-state index in [1.54, 1.807) is 31.6 Å². The second-order valence-corrected chi connectivity index (χ2v) is 3.45. The highest BCUT2D eigenvalue weighted by Gasteiger charge is 2.26. The zero-order chi connectivity index (χ0) is 9.90. The molecule has 3 heteroatoms. The Bertz CT molecular complexity index is 293. The van der Waals surface area contributed by atoms with Crippen molar-refractivity contribution in [2.24, 2.45) is 0 Å². The van der Waals surface area contributed by atoms with Gasteiger partial charge in [0.25, 0.3) is 0 Å². The number of hydrogen-bond acceptors (Lipinski definition) is 3. The predicted molar refractivity (Wildman–Crippen MR) is 51.7 cm³/mol. The van der Waals surface area contributed by atoms with Gasteiger partial charge in [-0.3, -0.25) is 9.78 Å². The van der Waals surface area contributed by atoms with Gasteiger partial charge in [-0.1, -0.05) is 0 Å². The standard InChI is InChI=1S/C10H14N2O/c1-10(2,11-3)9(13)8-5-4-6-12-7-8/h4-7,11H,1-3H3. The second-order valence-electron chi connectivity index (χ2n) is 3.45. The number of rotatable bonds is 3. The minimum absolute atomic E-state index is 0.0584. The lowest BCUT2D eigenvalue weighted by molar-refractivity contribution is 0.0889. The lowest BCUT2D eigenvalue weighted by Crippen LogP contribution is -2.44. The van der Waals surface area contributed by atoms with Crippen LogP contribution in [0.15, 0.2) is 24.5 Å². The van der Waals surface area contributed by atoms with Crippen molar-refractivity contribution in [3.05, 3.63) is 30.1 Å². The Labute approximate surface area is 78.2 Å². The molecule has 0 fully saturated rings. The van der Waals surface area contributed by atoms with E-state index in [1.807, 2.05) is 13.8 Å². The fraction of sp³-hybridized carbons (Fsp3) is 0.400. The normalized spacial score (nSPS) is 11.3. The van der Waals surface area contributed by atoms with E-state index in [0.717, 1.165) is 0 Å². The molecule has 0 bridgehead atoms. The van der Waals surface area contributed by atoms with Crippen molar-refractivity contribution in [1.29, 1.82) is 0 Å². The third-order valence-electron chi connectivity index (χ3n) is 2.12. The first-order valence-electron chi connectivity index (χ1n) is 4.21. The van der Waals surface area contributed by atoms with Crippen LogP contribution in [0.1, 0.15) is 24.2 Å². The summed E-state index contributed by atoms with van der Waals surface area (Å²) in [6.45, 7) is 3.70. The van der Waals surface area contributed by atoms with E-state index in [2.05, 4.69) is 10.3 Å². The minimum Gasteiger partial charge on any atom is -0.308 e. The Morgan fingerprint density at radius 3 is 2.69 bits per heavy atom. The smallest absolute Gasteiger partial charge is 0.183 e. The maximum absolute atomic E-state index is 11.8. The van der Waals surface area contributed by atoms with Crippen LogP contribution in [0.5, 0.6) is 0 Å². The summed E-state index contributed by atoms with van der Waals surface area (Å²) in [7, 11) is 1.77. The SMILES string of the molecule is CNC(C)(C)C(=O)c1cccnc1. The molecule has 0 spiro atoms. The molecule has 0 saturated carbocycles. The number of likely N-dealkylation sites (N-methyl/N-ethyl adjacent to an activating group) is 1. The van der Waals surface area contributed by atoms with Gasteiger partial charge in [-0.15, -0.1) is 0 Å². The van der Waals surface area contributed by atoms with Crippen molar-refractivity contribution >= 4 is 5.78 Å². The van der Waals surface area contributed by atoms with E-state index in [-0.39, 0.29) is 5.78 Å². The highest BCUT2D eigenvalue weighted by Crippen LogP contribution is 2.10. The van der Waals surface area contributed by atoms with Gasteiger partial charge in [0.15, 0.2) is 5.78 Å². The van der Waals surface area contributed by atoms with Crippen LogP contribution in [-0.4, -0.2) is 23.4 Å². The lowest BCUT2D eigenvalue weighted by Gasteiger charge is -2.21. The van der Waals surface area contributed by atoms with E-state index < -0.39 is 5.54 Å². The average Bonchev–Trinajstić information content (AvgIpc) is 2.18. The molecule has 0 amide bonds. The number of aromatic nitrogens is 1. The van der Waals surface area contributed by atoms with Crippen LogP contribution in [0.25, 0.3) is 0 Å². The van der Waals surface area contributed by atoms with Crippen molar-refractivity contribution in [2.45, 2.75) is 19.4 Å². The Morgan fingerprint density at radius 2 is 2.23 bits per heavy atom. The van der Waals surface area contributed by atoms with E-state index in [0.29, 0.717) is 5.56 Å². The first-order valence-corrected chi connectivity index (χ1v) is 4.21. The number of nitrogens with one attached hydrogen (secondary N) is 1. The summed E-state index contributed by atoms with van der Waals surface area (Å²) in [5.41, 5.74) is 0.116. The van der Waals surface area contributed by atoms with E-state index in [4.69, 9.17) is 0 Å². The first-order chi connectivity index (χ1) is 6.08. The number of Topliss-reactive ketones (excluding diaryl/α,β-unsaturated/α-hetero) is 1. The van der Waals surface area contributed by atoms with Crippen molar-refractivity contribution in [1.82, 2.24) is 10.3 Å². The Hall–Kier alpha value is -1.22. The second kappa shape index (κ2) is 3.66. The van der Waals surface area contributed by atoms with Crippen LogP contribution in [0.2, 0.25) is 0 Å². The minimum atomic E-state index is -0.525. The monoisotopic (exact) mass is 178 g/mol. The molecule has 1 heterocycles. The van der Waals surface area contributed by atoms with Crippen LogP contribution < -0.4 is 5.32 Å².